The van der Waals surface area contributed by atoms with E-state index in [1.807, 2.05) is 6.92 Å². The summed E-state index contributed by atoms with van der Waals surface area (Å²) in [5.74, 6) is -0.410. The maximum atomic E-state index is 13.8. The van der Waals surface area contributed by atoms with Gasteiger partial charge in [0, 0.05) is 0 Å². The van der Waals surface area contributed by atoms with Gasteiger partial charge in [0.15, 0.2) is 5.82 Å². The van der Waals surface area contributed by atoms with E-state index in [1.165, 1.54) is 12.1 Å². The Morgan fingerprint density at radius 1 is 1.50 bits per heavy atom. The zero-order valence-corrected chi connectivity index (χ0v) is 11.8. The summed E-state index contributed by atoms with van der Waals surface area (Å²) >= 11 is 8.86. The van der Waals surface area contributed by atoms with Crippen LogP contribution in [-0.4, -0.2) is 9.97 Å². The summed E-state index contributed by atoms with van der Waals surface area (Å²) < 4.78 is 14.2. The molecule has 0 aliphatic carbocycles. The molecule has 1 aromatic carbocycles. The minimum Gasteiger partial charge on any atom is -0.305 e. The van der Waals surface area contributed by atoms with Crippen molar-refractivity contribution < 1.29 is 4.39 Å². The van der Waals surface area contributed by atoms with Gasteiger partial charge in [0.1, 0.15) is 10.3 Å². The van der Waals surface area contributed by atoms with Crippen LogP contribution in [0.1, 0.15) is 12.6 Å². The molecule has 0 unspecified atom stereocenters. The Balaban J connectivity index is 2.68. The third-order valence-corrected chi connectivity index (χ3v) is 3.58. The van der Waals surface area contributed by atoms with Crippen molar-refractivity contribution in [3.8, 4) is 11.4 Å². The fourth-order valence-corrected chi connectivity index (χ4v) is 2.20. The van der Waals surface area contributed by atoms with Gasteiger partial charge < -0.3 is 4.98 Å². The van der Waals surface area contributed by atoms with Gasteiger partial charge >= 0.3 is 0 Å². The molecule has 2 aromatic rings. The first-order valence-electron chi connectivity index (χ1n) is 5.27. The number of aryl methyl sites for hydroxylation is 1. The maximum Gasteiger partial charge on any atom is 0.265 e. The average molecular weight is 332 g/mol. The largest absolute Gasteiger partial charge is 0.305 e. The van der Waals surface area contributed by atoms with Crippen LogP contribution in [0.25, 0.3) is 11.4 Å². The van der Waals surface area contributed by atoms with Gasteiger partial charge in [-0.25, -0.2) is 9.37 Å². The molecule has 0 radical (unpaired) electrons. The van der Waals surface area contributed by atoms with Crippen LogP contribution in [-0.2, 0) is 6.42 Å². The van der Waals surface area contributed by atoms with Crippen molar-refractivity contribution in [2.75, 3.05) is 0 Å². The first-order valence-corrected chi connectivity index (χ1v) is 6.44. The van der Waals surface area contributed by atoms with Crippen LogP contribution in [0.5, 0.6) is 0 Å². The molecule has 18 heavy (non-hydrogen) atoms. The lowest BCUT2D eigenvalue weighted by molar-refractivity contribution is 0.630. The monoisotopic (exact) mass is 330 g/mol. The molecule has 0 bridgehead atoms. The van der Waals surface area contributed by atoms with Gasteiger partial charge in [-0.2, -0.15) is 0 Å². The summed E-state index contributed by atoms with van der Waals surface area (Å²) in [6.45, 7) is 1.87. The lowest BCUT2D eigenvalue weighted by Crippen LogP contribution is -2.13. The summed E-state index contributed by atoms with van der Waals surface area (Å²) in [5.41, 5.74) is 0.422. The second-order valence-electron chi connectivity index (χ2n) is 3.63. The van der Waals surface area contributed by atoms with Crippen LogP contribution in [0.4, 0.5) is 4.39 Å². The molecule has 6 heteroatoms. The Hall–Kier alpha value is -1.20. The number of nitrogens with zero attached hydrogens (tertiary/aromatic N) is 1. The van der Waals surface area contributed by atoms with E-state index in [4.69, 9.17) is 11.6 Å². The van der Waals surface area contributed by atoms with E-state index in [9.17, 15) is 9.18 Å². The quantitative estimate of drug-likeness (QED) is 0.914. The van der Waals surface area contributed by atoms with Crippen LogP contribution < -0.4 is 5.56 Å². The predicted octanol–water partition coefficient (Wildman–Crippen LogP) is 3.55. The number of rotatable bonds is 2. The zero-order chi connectivity index (χ0) is 13.3. The number of aromatic amines is 1. The first kappa shape index (κ1) is 13.2. The first-order chi connectivity index (χ1) is 8.54. The van der Waals surface area contributed by atoms with E-state index in [1.54, 1.807) is 6.07 Å². The summed E-state index contributed by atoms with van der Waals surface area (Å²) in [7, 11) is 0. The SMILES string of the molecule is CCc1nc(-c2cccc(Cl)c2F)[nH]c(=O)c1Br. The third kappa shape index (κ3) is 2.33. The second-order valence-corrected chi connectivity index (χ2v) is 4.83. The lowest BCUT2D eigenvalue weighted by Gasteiger charge is -2.06. The Morgan fingerprint density at radius 2 is 2.22 bits per heavy atom. The van der Waals surface area contributed by atoms with Gasteiger partial charge in [-0.3, -0.25) is 4.79 Å². The van der Waals surface area contributed by atoms with Crippen molar-refractivity contribution >= 4 is 27.5 Å². The Labute approximate surface area is 116 Å². The molecular weight excluding hydrogens is 322 g/mol. The molecule has 0 spiro atoms. The van der Waals surface area contributed by atoms with E-state index in [0.717, 1.165) is 0 Å². The minimum absolute atomic E-state index is 0.00360. The molecule has 1 heterocycles. The minimum atomic E-state index is -0.591. The smallest absolute Gasteiger partial charge is 0.265 e. The maximum absolute atomic E-state index is 13.8. The molecular formula is C12H9BrClFN2O. The summed E-state index contributed by atoms with van der Waals surface area (Å²) in [6.07, 6.45) is 0.569. The number of nitrogens with one attached hydrogen (secondary N) is 1. The summed E-state index contributed by atoms with van der Waals surface area (Å²) in [4.78, 5) is 18.4. The molecule has 0 saturated carbocycles. The normalized spacial score (nSPS) is 10.7. The van der Waals surface area contributed by atoms with Crippen molar-refractivity contribution in [2.24, 2.45) is 0 Å². The molecule has 0 aliphatic rings. The number of halogens is 3. The zero-order valence-electron chi connectivity index (χ0n) is 9.43. The Bertz CT molecular complexity index is 657. The van der Waals surface area contributed by atoms with Crippen molar-refractivity contribution in [3.05, 3.63) is 49.6 Å². The van der Waals surface area contributed by atoms with Crippen molar-refractivity contribution in [1.82, 2.24) is 9.97 Å². The Morgan fingerprint density at radius 3 is 2.89 bits per heavy atom. The lowest BCUT2D eigenvalue weighted by atomic mass is 10.2. The van der Waals surface area contributed by atoms with Crippen molar-refractivity contribution in [3.63, 3.8) is 0 Å². The number of benzene rings is 1. The van der Waals surface area contributed by atoms with Crippen molar-refractivity contribution in [1.29, 1.82) is 0 Å². The molecule has 0 atom stereocenters. The van der Waals surface area contributed by atoms with Crippen LogP contribution in [0, 0.1) is 5.82 Å². The molecule has 0 aliphatic heterocycles. The molecule has 0 saturated heterocycles. The molecule has 94 valence electrons. The van der Waals surface area contributed by atoms with Gasteiger partial charge in [0.25, 0.3) is 5.56 Å². The topological polar surface area (TPSA) is 45.8 Å². The fourth-order valence-electron chi connectivity index (χ4n) is 1.55. The van der Waals surface area contributed by atoms with Gasteiger partial charge in [-0.05, 0) is 34.5 Å². The van der Waals surface area contributed by atoms with Crippen molar-refractivity contribution in [2.45, 2.75) is 13.3 Å². The highest BCUT2D eigenvalue weighted by Gasteiger charge is 2.13. The van der Waals surface area contributed by atoms with Gasteiger partial charge in [-0.15, -0.1) is 0 Å². The predicted molar refractivity (Wildman–Crippen MR) is 72.3 cm³/mol. The molecule has 0 amide bonds. The third-order valence-electron chi connectivity index (χ3n) is 2.47. The fraction of sp³-hybridized carbons (Fsp3) is 0.167. The highest BCUT2D eigenvalue weighted by Crippen LogP contribution is 2.25. The highest BCUT2D eigenvalue weighted by atomic mass is 79.9. The van der Waals surface area contributed by atoms with E-state index < -0.39 is 5.82 Å². The molecule has 1 aromatic heterocycles. The van der Waals surface area contributed by atoms with Crippen LogP contribution >= 0.6 is 27.5 Å². The summed E-state index contributed by atoms with van der Waals surface area (Å²) in [6, 6.07) is 4.57. The van der Waals surface area contributed by atoms with Gasteiger partial charge in [0.2, 0.25) is 0 Å². The number of hydrogen-bond acceptors (Lipinski definition) is 2. The number of aromatic nitrogens is 2. The molecule has 3 nitrogen and oxygen atoms in total. The number of hydrogen-bond donors (Lipinski definition) is 1. The standard InChI is InChI=1S/C12H9BrClFN2O/c1-2-8-9(13)12(18)17-11(16-8)6-4-3-5-7(14)10(6)15/h3-5H,2H2,1H3,(H,16,17,18). The van der Waals surface area contributed by atoms with Gasteiger partial charge in [0.05, 0.1) is 16.3 Å². The number of H-pyrrole nitrogens is 1. The highest BCUT2D eigenvalue weighted by molar-refractivity contribution is 9.10. The second kappa shape index (κ2) is 5.20. The molecule has 0 fully saturated rings. The van der Waals surface area contributed by atoms with E-state index >= 15 is 0 Å². The average Bonchev–Trinajstić information content (AvgIpc) is 2.36. The van der Waals surface area contributed by atoms with E-state index in [2.05, 4.69) is 25.9 Å². The summed E-state index contributed by atoms with van der Waals surface area (Å²) in [5, 5.41) is -0.00360. The van der Waals surface area contributed by atoms with E-state index in [0.29, 0.717) is 16.6 Å². The Kier molecular flexibility index (Phi) is 3.82. The van der Waals surface area contributed by atoms with E-state index in [-0.39, 0.29) is 22.0 Å². The molecule has 2 rings (SSSR count). The molecule has 1 N–H and O–H groups in total. The van der Waals surface area contributed by atoms with Crippen LogP contribution in [0.15, 0.2) is 27.5 Å². The van der Waals surface area contributed by atoms with Crippen LogP contribution in [0.3, 0.4) is 0 Å². The van der Waals surface area contributed by atoms with Gasteiger partial charge in [-0.1, -0.05) is 24.6 Å². The van der Waals surface area contributed by atoms with Crippen LogP contribution in [0.2, 0.25) is 5.02 Å².